The number of anilines is 1. The van der Waals surface area contributed by atoms with Gasteiger partial charge in [-0.15, -0.1) is 0 Å². The monoisotopic (exact) mass is 352 g/mol. The Morgan fingerprint density at radius 1 is 1.30 bits per heavy atom. The Bertz CT molecular complexity index is 707. The highest BCUT2D eigenvalue weighted by Crippen LogP contribution is 2.21. The predicted molar refractivity (Wildman–Crippen MR) is 78.2 cm³/mol. The quantitative estimate of drug-likeness (QED) is 0.872. The maximum atomic E-state index is 13.7. The third-order valence-electron chi connectivity index (χ3n) is 2.47. The van der Waals surface area contributed by atoms with Gasteiger partial charge in [-0.05, 0) is 36.4 Å². The third kappa shape index (κ3) is 3.35. The molecule has 0 unspecified atom stereocenters. The minimum Gasteiger partial charge on any atom is -0.319 e. The minimum absolute atomic E-state index is 0.00472. The summed E-state index contributed by atoms with van der Waals surface area (Å²) in [6, 6.07) is 10.3. The topological polar surface area (TPSA) is 52.9 Å². The maximum Gasteiger partial charge on any atom is 0.255 e. The lowest BCUT2D eigenvalue weighted by Crippen LogP contribution is -2.13. The van der Waals surface area contributed by atoms with Crippen LogP contribution in [0.5, 0.6) is 0 Å². The van der Waals surface area contributed by atoms with Crippen molar-refractivity contribution < 1.29 is 9.18 Å². The van der Waals surface area contributed by atoms with Crippen LogP contribution in [0.3, 0.4) is 0 Å². The van der Waals surface area contributed by atoms with E-state index in [1.165, 1.54) is 18.2 Å². The largest absolute Gasteiger partial charge is 0.319 e. The number of rotatable bonds is 2. The number of carbonyl (C=O) groups is 1. The van der Waals surface area contributed by atoms with Crippen molar-refractivity contribution >= 4 is 39.1 Å². The molecule has 0 fully saturated rings. The molecule has 6 heteroatoms. The number of nitriles is 1. The number of halogens is 3. The molecular weight excluding hydrogens is 347 g/mol. The second kappa shape index (κ2) is 6.04. The van der Waals surface area contributed by atoms with E-state index in [2.05, 4.69) is 21.2 Å². The molecule has 3 nitrogen and oxygen atoms in total. The Kier molecular flexibility index (Phi) is 4.38. The molecule has 1 N–H and O–H groups in total. The Hall–Kier alpha value is -1.90. The fourth-order valence-electron chi connectivity index (χ4n) is 1.57. The summed E-state index contributed by atoms with van der Waals surface area (Å²) in [5, 5.41) is 11.5. The van der Waals surface area contributed by atoms with Crippen molar-refractivity contribution in [1.29, 1.82) is 5.26 Å². The Balaban J connectivity index is 2.26. The number of hydrogen-bond donors (Lipinski definition) is 1. The van der Waals surface area contributed by atoms with E-state index in [4.69, 9.17) is 16.9 Å². The van der Waals surface area contributed by atoms with Crippen LogP contribution in [0.2, 0.25) is 5.02 Å². The van der Waals surface area contributed by atoms with Crippen LogP contribution < -0.4 is 5.32 Å². The average Bonchev–Trinajstić information content (AvgIpc) is 2.39. The van der Waals surface area contributed by atoms with Crippen molar-refractivity contribution in [2.45, 2.75) is 0 Å². The van der Waals surface area contributed by atoms with Crippen LogP contribution in [0.25, 0.3) is 0 Å². The highest BCUT2D eigenvalue weighted by Gasteiger charge is 2.11. The zero-order chi connectivity index (χ0) is 14.7. The molecule has 20 heavy (non-hydrogen) atoms. The van der Waals surface area contributed by atoms with E-state index in [-0.39, 0.29) is 11.3 Å². The van der Waals surface area contributed by atoms with Gasteiger partial charge in [0.2, 0.25) is 0 Å². The van der Waals surface area contributed by atoms with Gasteiger partial charge in [-0.1, -0.05) is 27.5 Å². The van der Waals surface area contributed by atoms with Gasteiger partial charge in [0, 0.05) is 15.1 Å². The van der Waals surface area contributed by atoms with E-state index < -0.39 is 11.7 Å². The van der Waals surface area contributed by atoms with E-state index in [1.807, 2.05) is 6.07 Å². The Labute approximate surface area is 128 Å². The predicted octanol–water partition coefficient (Wildman–Crippen LogP) is 4.37. The summed E-state index contributed by atoms with van der Waals surface area (Å²) in [5.74, 6) is -1.16. The van der Waals surface area contributed by atoms with Crippen LogP contribution in [0.4, 0.5) is 10.1 Å². The summed E-state index contributed by atoms with van der Waals surface area (Å²) in [5.41, 5.74) is 0.490. The summed E-state index contributed by atoms with van der Waals surface area (Å²) in [6.07, 6.45) is 0. The molecule has 0 bridgehead atoms. The second-order valence-electron chi connectivity index (χ2n) is 3.92. The number of carbonyl (C=O) groups excluding carboxylic acids is 1. The van der Waals surface area contributed by atoms with Gasteiger partial charge in [-0.3, -0.25) is 4.79 Å². The van der Waals surface area contributed by atoms with Gasteiger partial charge in [0.1, 0.15) is 5.82 Å². The third-order valence-corrected chi connectivity index (χ3v) is 3.15. The first-order chi connectivity index (χ1) is 9.49. The van der Waals surface area contributed by atoms with E-state index in [1.54, 1.807) is 12.1 Å². The minimum atomic E-state index is -0.668. The van der Waals surface area contributed by atoms with Crippen LogP contribution in [0.15, 0.2) is 40.9 Å². The van der Waals surface area contributed by atoms with Crippen LogP contribution in [-0.4, -0.2) is 5.91 Å². The maximum absolute atomic E-state index is 13.7. The Morgan fingerprint density at radius 2 is 2.05 bits per heavy atom. The highest BCUT2D eigenvalue weighted by atomic mass is 79.9. The van der Waals surface area contributed by atoms with Gasteiger partial charge in [-0.2, -0.15) is 5.26 Å². The fourth-order valence-corrected chi connectivity index (χ4v) is 2.43. The summed E-state index contributed by atoms with van der Waals surface area (Å²) >= 11 is 9.07. The van der Waals surface area contributed by atoms with Gasteiger partial charge in [0.05, 0.1) is 17.3 Å². The zero-order valence-electron chi connectivity index (χ0n) is 9.95. The molecule has 0 aliphatic carbocycles. The van der Waals surface area contributed by atoms with Crippen LogP contribution in [-0.2, 0) is 0 Å². The number of benzene rings is 2. The molecule has 1 amide bonds. The molecule has 2 aromatic rings. The van der Waals surface area contributed by atoms with E-state index in [0.29, 0.717) is 15.1 Å². The van der Waals surface area contributed by atoms with Crippen molar-refractivity contribution in [2.24, 2.45) is 0 Å². The molecule has 0 aliphatic heterocycles. The number of nitrogens with one attached hydrogen (secondary N) is 1. The van der Waals surface area contributed by atoms with E-state index in [9.17, 15) is 9.18 Å². The molecular formula is C14H7BrClFN2O. The number of hydrogen-bond acceptors (Lipinski definition) is 2. The van der Waals surface area contributed by atoms with Crippen molar-refractivity contribution in [3.63, 3.8) is 0 Å². The summed E-state index contributed by atoms with van der Waals surface area (Å²) in [6.45, 7) is 0. The van der Waals surface area contributed by atoms with Crippen LogP contribution in [0, 0.1) is 17.1 Å². The van der Waals surface area contributed by atoms with Gasteiger partial charge in [-0.25, -0.2) is 4.39 Å². The summed E-state index contributed by atoms with van der Waals surface area (Å²) in [7, 11) is 0. The van der Waals surface area contributed by atoms with Gasteiger partial charge < -0.3 is 5.32 Å². The molecule has 0 atom stereocenters. The zero-order valence-corrected chi connectivity index (χ0v) is 12.3. The standard InChI is InChI=1S/C14H7BrClFN2O/c15-10-4-9(5-11(16)6-10)14(20)19-13-2-1-8(7-18)3-12(13)17/h1-6H,(H,19,20). The van der Waals surface area contributed by atoms with Crippen molar-refractivity contribution in [2.75, 3.05) is 5.32 Å². The first kappa shape index (κ1) is 14.5. The van der Waals surface area contributed by atoms with Crippen LogP contribution >= 0.6 is 27.5 Å². The average molecular weight is 354 g/mol. The summed E-state index contributed by atoms with van der Waals surface area (Å²) < 4.78 is 14.3. The van der Waals surface area contributed by atoms with Crippen molar-refractivity contribution in [3.8, 4) is 6.07 Å². The molecule has 0 aliphatic rings. The second-order valence-corrected chi connectivity index (χ2v) is 5.27. The summed E-state index contributed by atoms with van der Waals surface area (Å²) in [4.78, 5) is 12.0. The first-order valence-electron chi connectivity index (χ1n) is 5.46. The molecule has 0 aromatic heterocycles. The molecule has 2 rings (SSSR count). The van der Waals surface area contributed by atoms with E-state index >= 15 is 0 Å². The van der Waals surface area contributed by atoms with Crippen LogP contribution in [0.1, 0.15) is 15.9 Å². The molecule has 0 saturated carbocycles. The SMILES string of the molecule is N#Cc1ccc(NC(=O)c2cc(Cl)cc(Br)c2)c(F)c1. The molecule has 0 radical (unpaired) electrons. The van der Waals surface area contributed by atoms with Gasteiger partial charge >= 0.3 is 0 Å². The lowest BCUT2D eigenvalue weighted by molar-refractivity contribution is 0.102. The fraction of sp³-hybridized carbons (Fsp3) is 0. The van der Waals surface area contributed by atoms with E-state index in [0.717, 1.165) is 6.07 Å². The molecule has 2 aromatic carbocycles. The highest BCUT2D eigenvalue weighted by molar-refractivity contribution is 9.10. The first-order valence-corrected chi connectivity index (χ1v) is 6.64. The lowest BCUT2D eigenvalue weighted by atomic mass is 10.2. The van der Waals surface area contributed by atoms with Crippen molar-refractivity contribution in [1.82, 2.24) is 0 Å². The number of nitrogens with zero attached hydrogens (tertiary/aromatic N) is 1. The lowest BCUT2D eigenvalue weighted by Gasteiger charge is -2.07. The Morgan fingerprint density at radius 3 is 2.65 bits per heavy atom. The number of amides is 1. The van der Waals surface area contributed by atoms with Gasteiger partial charge in [0.25, 0.3) is 5.91 Å². The van der Waals surface area contributed by atoms with Crippen molar-refractivity contribution in [3.05, 3.63) is 62.8 Å². The molecule has 0 heterocycles. The molecule has 100 valence electrons. The molecule has 0 saturated heterocycles. The normalized spacial score (nSPS) is 9.90. The van der Waals surface area contributed by atoms with Gasteiger partial charge in [0.15, 0.2) is 0 Å². The smallest absolute Gasteiger partial charge is 0.255 e. The molecule has 0 spiro atoms.